The fourth-order valence-electron chi connectivity index (χ4n) is 4.29. The summed E-state index contributed by atoms with van der Waals surface area (Å²) in [5.41, 5.74) is 0.803. The number of piperidine rings is 1. The van der Waals surface area contributed by atoms with Gasteiger partial charge in [-0.1, -0.05) is 43.2 Å². The molecule has 1 aromatic rings. The summed E-state index contributed by atoms with van der Waals surface area (Å²) >= 11 is 0. The van der Waals surface area contributed by atoms with Gasteiger partial charge >= 0.3 is 0 Å². The molecule has 0 aliphatic carbocycles. The van der Waals surface area contributed by atoms with E-state index in [1.54, 1.807) is 4.31 Å². The van der Waals surface area contributed by atoms with Crippen LogP contribution in [0.25, 0.3) is 0 Å². The van der Waals surface area contributed by atoms with Crippen LogP contribution in [0, 0.1) is 5.92 Å². The quantitative estimate of drug-likeness (QED) is 0.655. The van der Waals surface area contributed by atoms with E-state index >= 15 is 0 Å². The van der Waals surface area contributed by atoms with Crippen molar-refractivity contribution in [3.63, 3.8) is 0 Å². The lowest BCUT2D eigenvalue weighted by Gasteiger charge is -2.30. The highest BCUT2D eigenvalue weighted by molar-refractivity contribution is 7.88. The number of hydrogen-bond acceptors (Lipinski definition) is 4. The minimum absolute atomic E-state index is 0.0290. The number of likely N-dealkylation sites (tertiary alicyclic amines) is 1. The Morgan fingerprint density at radius 1 is 0.966 bits per heavy atom. The molecule has 0 atom stereocenters. The molecule has 7 heteroatoms. The van der Waals surface area contributed by atoms with E-state index in [1.165, 1.54) is 38.8 Å². The molecule has 1 aromatic carbocycles. The Morgan fingerprint density at radius 2 is 1.62 bits per heavy atom. The van der Waals surface area contributed by atoms with Gasteiger partial charge in [0.25, 0.3) is 0 Å². The third-order valence-electron chi connectivity index (χ3n) is 6.06. The van der Waals surface area contributed by atoms with E-state index in [-0.39, 0.29) is 17.6 Å². The molecule has 0 bridgehead atoms. The molecular formula is C22H35N3O3S. The number of benzene rings is 1. The monoisotopic (exact) mass is 421 g/mol. The molecule has 0 unspecified atom stereocenters. The highest BCUT2D eigenvalue weighted by atomic mass is 32.2. The molecule has 0 saturated carbocycles. The van der Waals surface area contributed by atoms with Crippen LogP contribution in [0.5, 0.6) is 0 Å². The van der Waals surface area contributed by atoms with Gasteiger partial charge in [-0.05, 0) is 57.3 Å². The number of sulfonamides is 1. The van der Waals surface area contributed by atoms with Gasteiger partial charge in [0.15, 0.2) is 0 Å². The molecule has 0 aromatic heterocycles. The smallest absolute Gasteiger partial charge is 0.223 e. The van der Waals surface area contributed by atoms with Crippen molar-refractivity contribution >= 4 is 15.9 Å². The van der Waals surface area contributed by atoms with Crippen molar-refractivity contribution in [3.8, 4) is 0 Å². The lowest BCUT2D eigenvalue weighted by atomic mass is 9.97. The Labute approximate surface area is 175 Å². The molecule has 29 heavy (non-hydrogen) atoms. The van der Waals surface area contributed by atoms with Gasteiger partial charge in [0.2, 0.25) is 15.9 Å². The van der Waals surface area contributed by atoms with Crippen molar-refractivity contribution in [2.24, 2.45) is 5.92 Å². The highest BCUT2D eigenvalue weighted by Crippen LogP contribution is 2.22. The molecule has 162 valence electrons. The minimum Gasteiger partial charge on any atom is -0.356 e. The standard InChI is InChI=1S/C22H35N3O3S/c26-22(23-13-8-16-24-14-6-1-2-7-15-24)21-11-17-25(18-12-21)29(27,28)19-20-9-4-3-5-10-20/h3-5,9-10,21H,1-2,6-8,11-19H2,(H,23,26). The van der Waals surface area contributed by atoms with Crippen LogP contribution in [0.2, 0.25) is 0 Å². The van der Waals surface area contributed by atoms with Crippen molar-refractivity contribution in [1.82, 2.24) is 14.5 Å². The Bertz CT molecular complexity index is 723. The van der Waals surface area contributed by atoms with E-state index in [4.69, 9.17) is 0 Å². The number of carbonyl (C=O) groups is 1. The normalized spacial score (nSPS) is 20.3. The molecule has 2 heterocycles. The molecule has 0 spiro atoms. The summed E-state index contributed by atoms with van der Waals surface area (Å²) in [6, 6.07) is 9.27. The van der Waals surface area contributed by atoms with Crippen LogP contribution in [0.1, 0.15) is 50.5 Å². The summed E-state index contributed by atoms with van der Waals surface area (Å²) < 4.78 is 26.8. The van der Waals surface area contributed by atoms with Crippen molar-refractivity contribution in [2.75, 3.05) is 39.3 Å². The molecule has 6 nitrogen and oxygen atoms in total. The maximum Gasteiger partial charge on any atom is 0.223 e. The summed E-state index contributed by atoms with van der Waals surface area (Å²) in [6.07, 6.45) is 7.45. The van der Waals surface area contributed by atoms with Gasteiger partial charge in [0.05, 0.1) is 5.75 Å². The maximum atomic E-state index is 12.6. The molecule has 2 aliphatic heterocycles. The average molecular weight is 422 g/mol. The van der Waals surface area contributed by atoms with E-state index in [9.17, 15) is 13.2 Å². The number of nitrogens with zero attached hydrogens (tertiary/aromatic N) is 2. The van der Waals surface area contributed by atoms with E-state index in [1.807, 2.05) is 30.3 Å². The third kappa shape index (κ3) is 7.08. The van der Waals surface area contributed by atoms with Gasteiger partial charge in [-0.25, -0.2) is 12.7 Å². The molecule has 2 aliphatic rings. The summed E-state index contributed by atoms with van der Waals surface area (Å²) in [6.45, 7) is 4.99. The molecule has 2 saturated heterocycles. The van der Waals surface area contributed by atoms with Crippen LogP contribution in [-0.4, -0.2) is 62.8 Å². The fourth-order valence-corrected chi connectivity index (χ4v) is 5.85. The fraction of sp³-hybridized carbons (Fsp3) is 0.682. The predicted molar refractivity (Wildman–Crippen MR) is 116 cm³/mol. The molecular weight excluding hydrogens is 386 g/mol. The third-order valence-corrected chi connectivity index (χ3v) is 7.91. The van der Waals surface area contributed by atoms with E-state index in [2.05, 4.69) is 10.2 Å². The largest absolute Gasteiger partial charge is 0.356 e. The predicted octanol–water partition coefficient (Wildman–Crippen LogP) is 2.61. The SMILES string of the molecule is O=C(NCCCN1CCCCCC1)C1CCN(S(=O)(=O)Cc2ccccc2)CC1. The summed E-state index contributed by atoms with van der Waals surface area (Å²) in [4.78, 5) is 15.0. The van der Waals surface area contributed by atoms with Crippen LogP contribution in [0.3, 0.4) is 0 Å². The molecule has 1 N–H and O–H groups in total. The van der Waals surface area contributed by atoms with Crippen molar-refractivity contribution in [1.29, 1.82) is 0 Å². The zero-order chi connectivity index (χ0) is 20.5. The van der Waals surface area contributed by atoms with Gasteiger partial charge < -0.3 is 10.2 Å². The Kier molecular flexibility index (Phi) is 8.51. The van der Waals surface area contributed by atoms with Crippen LogP contribution in [0.4, 0.5) is 0 Å². The maximum absolute atomic E-state index is 12.6. The Hall–Kier alpha value is -1.44. The summed E-state index contributed by atoms with van der Waals surface area (Å²) in [5.74, 6) is 0.0404. The van der Waals surface area contributed by atoms with E-state index < -0.39 is 10.0 Å². The number of nitrogens with one attached hydrogen (secondary N) is 1. The number of amides is 1. The van der Waals surface area contributed by atoms with Gasteiger partial charge in [-0.2, -0.15) is 0 Å². The van der Waals surface area contributed by atoms with Gasteiger partial charge in [-0.15, -0.1) is 0 Å². The lowest BCUT2D eigenvalue weighted by molar-refractivity contribution is -0.126. The second kappa shape index (κ2) is 11.1. The zero-order valence-corrected chi connectivity index (χ0v) is 18.2. The second-order valence-electron chi connectivity index (χ2n) is 8.32. The minimum atomic E-state index is -3.33. The number of rotatable bonds is 8. The van der Waals surface area contributed by atoms with Crippen LogP contribution in [-0.2, 0) is 20.6 Å². The first-order valence-corrected chi connectivity index (χ1v) is 12.7. The Balaban J connectivity index is 1.35. The molecule has 2 fully saturated rings. The zero-order valence-electron chi connectivity index (χ0n) is 17.4. The molecule has 1 amide bonds. The average Bonchev–Trinajstić information content (AvgIpc) is 3.00. The van der Waals surface area contributed by atoms with Crippen LogP contribution < -0.4 is 5.32 Å². The summed E-state index contributed by atoms with van der Waals surface area (Å²) in [5, 5.41) is 3.07. The highest BCUT2D eigenvalue weighted by Gasteiger charge is 2.31. The van der Waals surface area contributed by atoms with E-state index in [0.717, 1.165) is 18.5 Å². The van der Waals surface area contributed by atoms with E-state index in [0.29, 0.717) is 32.5 Å². The number of carbonyl (C=O) groups excluding carboxylic acids is 1. The van der Waals surface area contributed by atoms with Crippen LogP contribution in [0.15, 0.2) is 30.3 Å². The molecule has 3 rings (SSSR count). The first kappa shape index (κ1) is 22.2. The Morgan fingerprint density at radius 3 is 2.28 bits per heavy atom. The van der Waals surface area contributed by atoms with Gasteiger partial charge in [0.1, 0.15) is 0 Å². The first-order valence-electron chi connectivity index (χ1n) is 11.1. The first-order chi connectivity index (χ1) is 14.0. The van der Waals surface area contributed by atoms with Crippen molar-refractivity contribution < 1.29 is 13.2 Å². The topological polar surface area (TPSA) is 69.7 Å². The summed E-state index contributed by atoms with van der Waals surface area (Å²) in [7, 11) is -3.33. The lowest BCUT2D eigenvalue weighted by Crippen LogP contribution is -2.43. The van der Waals surface area contributed by atoms with Crippen molar-refractivity contribution in [2.45, 2.75) is 50.7 Å². The number of hydrogen-bond donors (Lipinski definition) is 1. The molecule has 0 radical (unpaired) electrons. The van der Waals surface area contributed by atoms with Gasteiger partial charge in [0, 0.05) is 25.6 Å². The second-order valence-corrected chi connectivity index (χ2v) is 10.3. The van der Waals surface area contributed by atoms with Crippen LogP contribution >= 0.6 is 0 Å². The van der Waals surface area contributed by atoms with Crippen molar-refractivity contribution in [3.05, 3.63) is 35.9 Å². The van der Waals surface area contributed by atoms with Gasteiger partial charge in [-0.3, -0.25) is 4.79 Å².